The fraction of sp³-hybridized carbons (Fsp3) is 0.300. The molecule has 2 aromatic carbocycles. The molecule has 0 spiro atoms. The van der Waals surface area contributed by atoms with Crippen molar-refractivity contribution in [3.63, 3.8) is 0 Å². The van der Waals surface area contributed by atoms with Gasteiger partial charge in [-0.25, -0.2) is 9.79 Å². The van der Waals surface area contributed by atoms with E-state index < -0.39 is 5.54 Å². The van der Waals surface area contributed by atoms with Crippen LogP contribution in [0.2, 0.25) is 0 Å². The molecule has 0 fully saturated rings. The summed E-state index contributed by atoms with van der Waals surface area (Å²) in [5, 5.41) is 0. The number of hydrogen-bond donors (Lipinski definition) is 0. The van der Waals surface area contributed by atoms with Crippen LogP contribution in [-0.2, 0) is 15.1 Å². The highest BCUT2D eigenvalue weighted by Gasteiger charge is 2.50. The molecule has 0 saturated carbocycles. The molecule has 0 aliphatic carbocycles. The monoisotopic (exact) mass is 337 g/mol. The second-order valence-corrected chi connectivity index (χ2v) is 6.45. The molecule has 2 heterocycles. The lowest BCUT2D eigenvalue weighted by molar-refractivity contribution is -0.141. The van der Waals surface area contributed by atoms with Gasteiger partial charge in [0.25, 0.3) is 0 Å². The SMILES string of the molecule is CC(C)[C@]1(c2ccc3c(c2)OCCO3)N=C(c2ccccc2)OC1=O. The standard InChI is InChI=1S/C20H19NO4/c1-13(2)20(15-8-9-16-17(12-15)24-11-10-23-16)19(22)25-18(21-20)14-6-4-3-5-7-14/h3-9,12-13H,10-11H2,1-2H3/t20-/m1/s1. The van der Waals surface area contributed by atoms with Gasteiger partial charge in [0.2, 0.25) is 5.90 Å². The maximum absolute atomic E-state index is 12.9. The Morgan fingerprint density at radius 3 is 2.44 bits per heavy atom. The molecule has 2 aliphatic rings. The molecule has 0 aromatic heterocycles. The topological polar surface area (TPSA) is 57.1 Å². The first-order valence-electron chi connectivity index (χ1n) is 8.39. The highest BCUT2D eigenvalue weighted by molar-refractivity contribution is 6.08. The van der Waals surface area contributed by atoms with Gasteiger partial charge in [-0.3, -0.25) is 0 Å². The van der Waals surface area contributed by atoms with Gasteiger partial charge < -0.3 is 14.2 Å². The van der Waals surface area contributed by atoms with Crippen molar-refractivity contribution >= 4 is 11.9 Å². The summed E-state index contributed by atoms with van der Waals surface area (Å²) >= 11 is 0. The average Bonchev–Trinajstić information content (AvgIpc) is 3.00. The Kier molecular flexibility index (Phi) is 3.71. The Labute approximate surface area is 146 Å². The molecule has 2 aliphatic heterocycles. The van der Waals surface area contributed by atoms with Crippen LogP contribution >= 0.6 is 0 Å². The van der Waals surface area contributed by atoms with Crippen molar-refractivity contribution in [1.82, 2.24) is 0 Å². The number of cyclic esters (lactones) is 1. The molecular formula is C20H19NO4. The molecule has 0 N–H and O–H groups in total. The Morgan fingerprint density at radius 2 is 1.72 bits per heavy atom. The van der Waals surface area contributed by atoms with E-state index in [1.54, 1.807) is 0 Å². The third-order valence-electron chi connectivity index (χ3n) is 4.62. The van der Waals surface area contributed by atoms with E-state index in [0.717, 1.165) is 11.1 Å². The number of carbonyl (C=O) groups excluding carboxylic acids is 1. The Bertz CT molecular complexity index is 844. The minimum atomic E-state index is -1.08. The van der Waals surface area contributed by atoms with Crippen LogP contribution < -0.4 is 9.47 Å². The van der Waals surface area contributed by atoms with Crippen molar-refractivity contribution < 1.29 is 19.0 Å². The molecule has 0 bridgehead atoms. The molecule has 1 atom stereocenters. The van der Waals surface area contributed by atoms with E-state index in [0.29, 0.717) is 30.6 Å². The van der Waals surface area contributed by atoms with Crippen molar-refractivity contribution in [3.8, 4) is 11.5 Å². The predicted molar refractivity (Wildman–Crippen MR) is 93.0 cm³/mol. The zero-order valence-corrected chi connectivity index (χ0v) is 14.2. The normalized spacial score (nSPS) is 21.9. The number of hydrogen-bond acceptors (Lipinski definition) is 5. The smallest absolute Gasteiger partial charge is 0.345 e. The summed E-state index contributed by atoms with van der Waals surface area (Å²) in [5.74, 6) is 1.24. The van der Waals surface area contributed by atoms with E-state index >= 15 is 0 Å². The number of nitrogens with zero attached hydrogens (tertiary/aromatic N) is 1. The Hall–Kier alpha value is -2.82. The fourth-order valence-electron chi connectivity index (χ4n) is 3.26. The average molecular weight is 337 g/mol. The molecule has 5 heteroatoms. The minimum absolute atomic E-state index is 0.0798. The molecule has 5 nitrogen and oxygen atoms in total. The van der Waals surface area contributed by atoms with Gasteiger partial charge in [0.05, 0.1) is 0 Å². The van der Waals surface area contributed by atoms with Crippen LogP contribution in [0.3, 0.4) is 0 Å². The molecule has 2 aromatic rings. The molecular weight excluding hydrogens is 318 g/mol. The summed E-state index contributed by atoms with van der Waals surface area (Å²) in [5.41, 5.74) is 0.458. The molecule has 25 heavy (non-hydrogen) atoms. The number of rotatable bonds is 3. The summed E-state index contributed by atoms with van der Waals surface area (Å²) in [6.45, 7) is 4.96. The molecule has 0 radical (unpaired) electrons. The van der Waals surface area contributed by atoms with Gasteiger partial charge in [-0.2, -0.15) is 0 Å². The molecule has 0 saturated heterocycles. The summed E-state index contributed by atoms with van der Waals surface area (Å²) in [6.07, 6.45) is 0. The zero-order valence-electron chi connectivity index (χ0n) is 14.2. The van der Waals surface area contributed by atoms with Crippen LogP contribution in [0.1, 0.15) is 25.0 Å². The zero-order chi connectivity index (χ0) is 17.4. The lowest BCUT2D eigenvalue weighted by Crippen LogP contribution is -2.36. The lowest BCUT2D eigenvalue weighted by Gasteiger charge is -2.28. The number of esters is 1. The molecule has 0 amide bonds. The quantitative estimate of drug-likeness (QED) is 0.806. The van der Waals surface area contributed by atoms with Crippen molar-refractivity contribution in [3.05, 3.63) is 59.7 Å². The van der Waals surface area contributed by atoms with Crippen LogP contribution in [0.25, 0.3) is 0 Å². The Morgan fingerprint density at radius 1 is 1.00 bits per heavy atom. The summed E-state index contributed by atoms with van der Waals surface area (Å²) in [6, 6.07) is 15.0. The first-order valence-corrected chi connectivity index (χ1v) is 8.39. The van der Waals surface area contributed by atoms with E-state index in [2.05, 4.69) is 0 Å². The predicted octanol–water partition coefficient (Wildman–Crippen LogP) is 3.31. The number of fused-ring (bicyclic) bond motifs is 1. The van der Waals surface area contributed by atoms with Gasteiger partial charge >= 0.3 is 5.97 Å². The van der Waals surface area contributed by atoms with Gasteiger partial charge in [-0.15, -0.1) is 0 Å². The van der Waals surface area contributed by atoms with Gasteiger partial charge in [0, 0.05) is 5.56 Å². The number of ether oxygens (including phenoxy) is 3. The third-order valence-corrected chi connectivity index (χ3v) is 4.62. The van der Waals surface area contributed by atoms with Crippen LogP contribution in [0.5, 0.6) is 11.5 Å². The van der Waals surface area contributed by atoms with Gasteiger partial charge in [-0.05, 0) is 35.7 Å². The van der Waals surface area contributed by atoms with Gasteiger partial charge in [0.15, 0.2) is 17.0 Å². The van der Waals surface area contributed by atoms with Crippen molar-refractivity contribution in [2.75, 3.05) is 13.2 Å². The third kappa shape index (κ3) is 2.47. The van der Waals surface area contributed by atoms with Crippen molar-refractivity contribution in [1.29, 1.82) is 0 Å². The summed E-state index contributed by atoms with van der Waals surface area (Å²) in [4.78, 5) is 17.6. The van der Waals surface area contributed by atoms with Crippen LogP contribution in [0.4, 0.5) is 0 Å². The lowest BCUT2D eigenvalue weighted by atomic mass is 9.80. The summed E-state index contributed by atoms with van der Waals surface area (Å²) < 4.78 is 16.8. The summed E-state index contributed by atoms with van der Waals surface area (Å²) in [7, 11) is 0. The number of carbonyl (C=O) groups is 1. The maximum atomic E-state index is 12.9. The van der Waals surface area contributed by atoms with Gasteiger partial charge in [-0.1, -0.05) is 38.1 Å². The van der Waals surface area contributed by atoms with Crippen molar-refractivity contribution in [2.45, 2.75) is 19.4 Å². The Balaban J connectivity index is 1.83. The molecule has 128 valence electrons. The molecule has 4 rings (SSSR count). The van der Waals surface area contributed by atoms with Crippen LogP contribution in [0, 0.1) is 5.92 Å². The van der Waals surface area contributed by atoms with E-state index in [4.69, 9.17) is 19.2 Å². The molecule has 0 unspecified atom stereocenters. The van der Waals surface area contributed by atoms with Crippen LogP contribution in [-0.4, -0.2) is 25.1 Å². The highest BCUT2D eigenvalue weighted by Crippen LogP contribution is 2.43. The van der Waals surface area contributed by atoms with E-state index in [-0.39, 0.29) is 11.9 Å². The first-order chi connectivity index (χ1) is 12.1. The fourth-order valence-corrected chi connectivity index (χ4v) is 3.26. The van der Waals surface area contributed by atoms with E-state index in [1.165, 1.54) is 0 Å². The van der Waals surface area contributed by atoms with E-state index in [9.17, 15) is 4.79 Å². The van der Waals surface area contributed by atoms with Crippen LogP contribution in [0.15, 0.2) is 53.5 Å². The first kappa shape index (κ1) is 15.7. The second kappa shape index (κ2) is 5.92. The number of benzene rings is 2. The maximum Gasteiger partial charge on any atom is 0.345 e. The number of aliphatic imine (C=N–C) groups is 1. The highest BCUT2D eigenvalue weighted by atomic mass is 16.6. The second-order valence-electron chi connectivity index (χ2n) is 6.45. The van der Waals surface area contributed by atoms with Crippen molar-refractivity contribution in [2.24, 2.45) is 10.9 Å². The van der Waals surface area contributed by atoms with E-state index in [1.807, 2.05) is 62.4 Å². The van der Waals surface area contributed by atoms with Gasteiger partial charge in [0.1, 0.15) is 13.2 Å². The minimum Gasteiger partial charge on any atom is -0.486 e. The largest absolute Gasteiger partial charge is 0.486 e.